The summed E-state index contributed by atoms with van der Waals surface area (Å²) in [7, 11) is 10.4. The Kier molecular flexibility index (Phi) is 5.62. The van der Waals surface area contributed by atoms with Crippen LogP contribution >= 0.6 is 0 Å². The van der Waals surface area contributed by atoms with Crippen molar-refractivity contribution >= 4 is 5.82 Å². The molecule has 0 aliphatic carbocycles. The first-order valence-corrected chi connectivity index (χ1v) is 6.50. The van der Waals surface area contributed by atoms with Gasteiger partial charge in [-0.05, 0) is 41.0 Å². The van der Waals surface area contributed by atoms with E-state index in [1.807, 2.05) is 18.8 Å². The molecule has 0 amide bonds. The molecular weight excluding hydrogens is 226 g/mol. The van der Waals surface area contributed by atoms with Crippen LogP contribution in [-0.4, -0.2) is 56.0 Å². The van der Waals surface area contributed by atoms with Gasteiger partial charge in [-0.25, -0.2) is 0 Å². The Morgan fingerprint density at radius 3 is 2.44 bits per heavy atom. The molecule has 0 bridgehead atoms. The van der Waals surface area contributed by atoms with Crippen molar-refractivity contribution in [3.8, 4) is 0 Å². The van der Waals surface area contributed by atoms with Crippen molar-refractivity contribution in [3.05, 3.63) is 11.3 Å². The average molecular weight is 253 g/mol. The van der Waals surface area contributed by atoms with E-state index in [0.29, 0.717) is 0 Å². The van der Waals surface area contributed by atoms with Crippen molar-refractivity contribution in [2.75, 3.05) is 46.2 Å². The number of aryl methyl sites for hydroxylation is 2. The third-order valence-corrected chi connectivity index (χ3v) is 3.13. The van der Waals surface area contributed by atoms with Gasteiger partial charge >= 0.3 is 0 Å². The second kappa shape index (κ2) is 6.75. The monoisotopic (exact) mass is 253 g/mol. The molecule has 18 heavy (non-hydrogen) atoms. The lowest BCUT2D eigenvalue weighted by atomic mass is 10.2. The molecule has 5 nitrogen and oxygen atoms in total. The molecule has 0 spiro atoms. The Labute approximate surface area is 111 Å². The Bertz CT molecular complexity index is 370. The van der Waals surface area contributed by atoms with Crippen molar-refractivity contribution < 1.29 is 0 Å². The van der Waals surface area contributed by atoms with E-state index in [2.05, 4.69) is 48.3 Å². The van der Waals surface area contributed by atoms with Crippen LogP contribution in [0.25, 0.3) is 0 Å². The number of aromatic nitrogens is 2. The van der Waals surface area contributed by atoms with Gasteiger partial charge in [-0.3, -0.25) is 4.68 Å². The van der Waals surface area contributed by atoms with Gasteiger partial charge in [0.15, 0.2) is 0 Å². The molecule has 0 radical (unpaired) electrons. The zero-order valence-corrected chi connectivity index (χ0v) is 12.6. The van der Waals surface area contributed by atoms with Crippen molar-refractivity contribution in [1.82, 2.24) is 20.0 Å². The molecule has 0 fully saturated rings. The fourth-order valence-electron chi connectivity index (χ4n) is 2.28. The van der Waals surface area contributed by atoms with E-state index in [1.165, 1.54) is 11.4 Å². The van der Waals surface area contributed by atoms with Crippen molar-refractivity contribution in [3.63, 3.8) is 0 Å². The number of rotatable bonds is 7. The molecule has 0 aromatic carbocycles. The predicted molar refractivity (Wildman–Crippen MR) is 77.1 cm³/mol. The van der Waals surface area contributed by atoms with Crippen LogP contribution in [0.1, 0.15) is 17.7 Å². The van der Waals surface area contributed by atoms with E-state index in [9.17, 15) is 0 Å². The van der Waals surface area contributed by atoms with E-state index in [4.69, 9.17) is 0 Å². The minimum atomic E-state index is 0.868. The Balaban J connectivity index is 2.74. The van der Waals surface area contributed by atoms with Crippen LogP contribution in [0.3, 0.4) is 0 Å². The van der Waals surface area contributed by atoms with Crippen LogP contribution in [0.5, 0.6) is 0 Å². The predicted octanol–water partition coefficient (Wildman–Crippen LogP) is 0.836. The van der Waals surface area contributed by atoms with Crippen LogP contribution in [0.2, 0.25) is 0 Å². The van der Waals surface area contributed by atoms with E-state index in [-0.39, 0.29) is 0 Å². The van der Waals surface area contributed by atoms with Crippen LogP contribution in [0.4, 0.5) is 5.82 Å². The second-order valence-corrected chi connectivity index (χ2v) is 5.12. The quantitative estimate of drug-likeness (QED) is 0.781. The maximum atomic E-state index is 4.52. The minimum absolute atomic E-state index is 0.868. The van der Waals surface area contributed by atoms with Gasteiger partial charge in [-0.1, -0.05) is 0 Å². The third kappa shape index (κ3) is 3.71. The lowest BCUT2D eigenvalue weighted by molar-refractivity contribution is 0.401. The molecule has 104 valence electrons. The van der Waals surface area contributed by atoms with E-state index in [1.54, 1.807) is 0 Å². The summed E-state index contributed by atoms with van der Waals surface area (Å²) in [4.78, 5) is 4.52. The number of hydrogen-bond acceptors (Lipinski definition) is 4. The summed E-state index contributed by atoms with van der Waals surface area (Å²) >= 11 is 0. The van der Waals surface area contributed by atoms with Crippen LogP contribution in [-0.2, 0) is 13.6 Å². The molecule has 1 heterocycles. The maximum absolute atomic E-state index is 4.52. The van der Waals surface area contributed by atoms with Gasteiger partial charge in [0, 0.05) is 32.7 Å². The molecule has 0 atom stereocenters. The topological polar surface area (TPSA) is 36.3 Å². The fourth-order valence-corrected chi connectivity index (χ4v) is 2.28. The van der Waals surface area contributed by atoms with Gasteiger partial charge in [0.2, 0.25) is 0 Å². The highest BCUT2D eigenvalue weighted by Crippen LogP contribution is 2.22. The number of anilines is 1. The summed E-state index contributed by atoms with van der Waals surface area (Å²) in [5, 5.41) is 7.74. The highest BCUT2D eigenvalue weighted by Gasteiger charge is 2.15. The molecule has 1 aromatic heterocycles. The summed E-state index contributed by atoms with van der Waals surface area (Å²) in [5.74, 6) is 1.22. The first-order valence-electron chi connectivity index (χ1n) is 6.50. The number of hydrogen-bond donors (Lipinski definition) is 1. The van der Waals surface area contributed by atoms with Crippen LogP contribution in [0, 0.1) is 6.92 Å². The standard InChI is InChI=1S/C13H27N5/c1-11-12(10-14-2)13(18(6)15-11)17(5)9-7-8-16(3)4/h14H,7-10H2,1-6H3. The first-order chi connectivity index (χ1) is 8.47. The average Bonchev–Trinajstić information content (AvgIpc) is 2.54. The summed E-state index contributed by atoms with van der Waals surface area (Å²) in [6.07, 6.45) is 1.16. The van der Waals surface area contributed by atoms with Crippen molar-refractivity contribution in [1.29, 1.82) is 0 Å². The molecule has 0 aliphatic heterocycles. The molecule has 0 saturated heterocycles. The van der Waals surface area contributed by atoms with Gasteiger partial charge in [0.25, 0.3) is 0 Å². The Morgan fingerprint density at radius 2 is 1.89 bits per heavy atom. The molecule has 1 N–H and O–H groups in total. The summed E-state index contributed by atoms with van der Waals surface area (Å²) in [6, 6.07) is 0. The Hall–Kier alpha value is -1.07. The van der Waals surface area contributed by atoms with E-state index < -0.39 is 0 Å². The maximum Gasteiger partial charge on any atom is 0.131 e. The zero-order valence-electron chi connectivity index (χ0n) is 12.6. The highest BCUT2D eigenvalue weighted by molar-refractivity contribution is 5.49. The second-order valence-electron chi connectivity index (χ2n) is 5.12. The number of nitrogens with zero attached hydrogens (tertiary/aromatic N) is 4. The molecule has 5 heteroatoms. The lowest BCUT2D eigenvalue weighted by Crippen LogP contribution is -2.26. The molecule has 0 unspecified atom stereocenters. The summed E-state index contributed by atoms with van der Waals surface area (Å²) in [5.41, 5.74) is 2.41. The highest BCUT2D eigenvalue weighted by atomic mass is 15.4. The zero-order chi connectivity index (χ0) is 13.7. The van der Waals surface area contributed by atoms with E-state index >= 15 is 0 Å². The molecule has 1 aromatic rings. The Morgan fingerprint density at radius 1 is 1.22 bits per heavy atom. The van der Waals surface area contributed by atoms with Gasteiger partial charge in [-0.15, -0.1) is 0 Å². The normalized spacial score (nSPS) is 11.3. The van der Waals surface area contributed by atoms with Gasteiger partial charge in [0.05, 0.1) is 5.69 Å². The van der Waals surface area contributed by atoms with Crippen molar-refractivity contribution in [2.24, 2.45) is 7.05 Å². The smallest absolute Gasteiger partial charge is 0.131 e. The van der Waals surface area contributed by atoms with Gasteiger partial charge in [-0.2, -0.15) is 5.10 Å². The minimum Gasteiger partial charge on any atom is -0.360 e. The van der Waals surface area contributed by atoms with Crippen LogP contribution in [0.15, 0.2) is 0 Å². The lowest BCUT2D eigenvalue weighted by Gasteiger charge is -2.22. The summed E-state index contributed by atoms with van der Waals surface area (Å²) in [6.45, 7) is 5.10. The largest absolute Gasteiger partial charge is 0.360 e. The first kappa shape index (κ1) is 15.0. The van der Waals surface area contributed by atoms with Crippen LogP contribution < -0.4 is 10.2 Å². The van der Waals surface area contributed by atoms with Gasteiger partial charge in [0.1, 0.15) is 5.82 Å². The van der Waals surface area contributed by atoms with Crippen molar-refractivity contribution in [2.45, 2.75) is 19.9 Å². The molecule has 0 aliphatic rings. The fraction of sp³-hybridized carbons (Fsp3) is 0.769. The molecular formula is C13H27N5. The third-order valence-electron chi connectivity index (χ3n) is 3.13. The number of nitrogens with one attached hydrogen (secondary N) is 1. The van der Waals surface area contributed by atoms with E-state index in [0.717, 1.165) is 31.7 Å². The van der Waals surface area contributed by atoms with Gasteiger partial charge < -0.3 is 15.1 Å². The molecule has 0 saturated carbocycles. The SMILES string of the molecule is CNCc1c(C)nn(C)c1N(C)CCCN(C)C. The molecule has 1 rings (SSSR count). The summed E-state index contributed by atoms with van der Waals surface area (Å²) < 4.78 is 1.98.